The molecule has 3 aromatic rings. The first-order chi connectivity index (χ1) is 15.1. The summed E-state index contributed by atoms with van der Waals surface area (Å²) < 4.78 is 15.2. The van der Waals surface area contributed by atoms with Crippen LogP contribution in [0.1, 0.15) is 18.0 Å². The largest absolute Gasteiger partial charge is 0.483 e. The lowest BCUT2D eigenvalue weighted by atomic mass is 9.83. The lowest BCUT2D eigenvalue weighted by Crippen LogP contribution is -2.50. The number of aromatic nitrogens is 2. The first-order valence-electron chi connectivity index (χ1n) is 10.8. The van der Waals surface area contributed by atoms with Gasteiger partial charge in [-0.3, -0.25) is 9.59 Å². The van der Waals surface area contributed by atoms with Gasteiger partial charge in [0.1, 0.15) is 5.75 Å². The van der Waals surface area contributed by atoms with E-state index in [2.05, 4.69) is 4.57 Å². The average Bonchev–Trinajstić information content (AvgIpc) is 3.20. The molecule has 0 radical (unpaired) electrons. The Morgan fingerprint density at radius 3 is 2.84 bits per heavy atom. The number of carbonyl (C=O) groups is 1. The molecule has 2 unspecified atom stereocenters. The highest BCUT2D eigenvalue weighted by molar-refractivity contribution is 5.87. The molecule has 7 nitrogen and oxygen atoms in total. The van der Waals surface area contributed by atoms with Gasteiger partial charge in [0.05, 0.1) is 12.1 Å². The average molecular weight is 421 g/mol. The number of rotatable bonds is 6. The van der Waals surface area contributed by atoms with Crippen molar-refractivity contribution in [3.8, 4) is 5.75 Å². The van der Waals surface area contributed by atoms with Crippen LogP contribution >= 0.6 is 0 Å². The van der Waals surface area contributed by atoms with Crippen molar-refractivity contribution < 1.29 is 14.3 Å². The van der Waals surface area contributed by atoms with E-state index in [1.807, 2.05) is 52.1 Å². The second kappa shape index (κ2) is 8.23. The fourth-order valence-corrected chi connectivity index (χ4v) is 5.04. The molecule has 0 N–H and O–H groups in total. The van der Waals surface area contributed by atoms with Crippen LogP contribution < -0.4 is 10.3 Å². The van der Waals surface area contributed by atoms with Crippen molar-refractivity contribution in [3.63, 3.8) is 0 Å². The van der Waals surface area contributed by atoms with Gasteiger partial charge in [-0.1, -0.05) is 12.1 Å². The van der Waals surface area contributed by atoms with Crippen molar-refractivity contribution in [3.05, 3.63) is 64.7 Å². The van der Waals surface area contributed by atoms with E-state index in [-0.39, 0.29) is 24.0 Å². The number of ether oxygens (including phenoxy) is 2. The van der Waals surface area contributed by atoms with Gasteiger partial charge in [0, 0.05) is 62.6 Å². The Labute approximate surface area is 180 Å². The SMILES string of the molecule is COCCn1ccc2c(OCC(=O)N3CC4CC(C3)c3cccc(=O)n3C4)cccc21. The number of likely N-dealkylation sites (tertiary alicyclic amines) is 1. The highest BCUT2D eigenvalue weighted by Crippen LogP contribution is 2.35. The molecule has 1 aromatic carbocycles. The van der Waals surface area contributed by atoms with Crippen LogP contribution in [0, 0.1) is 5.92 Å². The topological polar surface area (TPSA) is 65.7 Å². The summed E-state index contributed by atoms with van der Waals surface area (Å²) in [6, 6.07) is 13.4. The Balaban J connectivity index is 1.28. The van der Waals surface area contributed by atoms with Gasteiger partial charge in [-0.2, -0.15) is 0 Å². The molecule has 1 saturated heterocycles. The molecule has 2 bridgehead atoms. The van der Waals surface area contributed by atoms with E-state index >= 15 is 0 Å². The lowest BCUT2D eigenvalue weighted by molar-refractivity contribution is -0.136. The van der Waals surface area contributed by atoms with Crippen LogP contribution in [0.3, 0.4) is 0 Å². The first kappa shape index (κ1) is 19.9. The number of hydrogen-bond acceptors (Lipinski definition) is 4. The van der Waals surface area contributed by atoms with Crippen LogP contribution in [0.2, 0.25) is 0 Å². The maximum absolute atomic E-state index is 13.0. The van der Waals surface area contributed by atoms with E-state index < -0.39 is 0 Å². The summed E-state index contributed by atoms with van der Waals surface area (Å²) in [5, 5.41) is 0.996. The third-order valence-electron chi connectivity index (χ3n) is 6.49. The van der Waals surface area contributed by atoms with E-state index in [1.165, 1.54) is 0 Å². The molecule has 0 saturated carbocycles. The molecular formula is C24H27N3O4. The van der Waals surface area contributed by atoms with Gasteiger partial charge in [-0.15, -0.1) is 0 Å². The van der Waals surface area contributed by atoms with Crippen LogP contribution in [-0.2, 0) is 22.6 Å². The Morgan fingerprint density at radius 2 is 1.97 bits per heavy atom. The highest BCUT2D eigenvalue weighted by atomic mass is 16.5. The molecule has 162 valence electrons. The predicted octanol–water partition coefficient (Wildman–Crippen LogP) is 2.47. The van der Waals surface area contributed by atoms with E-state index in [0.29, 0.717) is 32.2 Å². The van der Waals surface area contributed by atoms with E-state index in [4.69, 9.17) is 9.47 Å². The summed E-state index contributed by atoms with van der Waals surface area (Å²) in [6.07, 6.45) is 3.05. The van der Waals surface area contributed by atoms with Crippen molar-refractivity contribution >= 4 is 16.8 Å². The van der Waals surface area contributed by atoms with Crippen LogP contribution in [0.25, 0.3) is 10.9 Å². The summed E-state index contributed by atoms with van der Waals surface area (Å²) in [6.45, 7) is 3.42. The van der Waals surface area contributed by atoms with Gasteiger partial charge in [0.2, 0.25) is 0 Å². The number of hydrogen-bond donors (Lipinski definition) is 0. The van der Waals surface area contributed by atoms with Gasteiger partial charge < -0.3 is 23.5 Å². The second-order valence-corrected chi connectivity index (χ2v) is 8.48. The van der Waals surface area contributed by atoms with Crippen molar-refractivity contribution in [1.82, 2.24) is 14.0 Å². The van der Waals surface area contributed by atoms with Gasteiger partial charge in [0.25, 0.3) is 11.5 Å². The third-order valence-corrected chi connectivity index (χ3v) is 6.49. The van der Waals surface area contributed by atoms with E-state index in [9.17, 15) is 9.59 Å². The van der Waals surface area contributed by atoms with Crippen LogP contribution in [0.5, 0.6) is 5.75 Å². The summed E-state index contributed by atoms with van der Waals surface area (Å²) in [7, 11) is 1.69. The number of benzene rings is 1. The number of nitrogens with zero attached hydrogens (tertiary/aromatic N) is 3. The molecule has 1 fully saturated rings. The minimum absolute atomic E-state index is 0.00255. The molecule has 5 rings (SSSR count). The van der Waals surface area contributed by atoms with Gasteiger partial charge >= 0.3 is 0 Å². The Morgan fingerprint density at radius 1 is 1.10 bits per heavy atom. The zero-order valence-electron chi connectivity index (χ0n) is 17.7. The molecule has 2 aliphatic heterocycles. The number of piperidine rings is 1. The smallest absolute Gasteiger partial charge is 0.260 e. The lowest BCUT2D eigenvalue weighted by Gasteiger charge is -2.42. The zero-order chi connectivity index (χ0) is 21.4. The Hall–Kier alpha value is -3.06. The summed E-state index contributed by atoms with van der Waals surface area (Å²) in [4.78, 5) is 27.1. The van der Waals surface area contributed by atoms with Gasteiger partial charge in [-0.25, -0.2) is 0 Å². The Kier molecular flexibility index (Phi) is 5.28. The molecule has 31 heavy (non-hydrogen) atoms. The summed E-state index contributed by atoms with van der Waals surface area (Å²) in [5.74, 6) is 1.24. The molecule has 1 amide bonds. The molecular weight excluding hydrogens is 394 g/mol. The quantitative estimate of drug-likeness (QED) is 0.613. The summed E-state index contributed by atoms with van der Waals surface area (Å²) in [5.41, 5.74) is 2.17. The van der Waals surface area contributed by atoms with E-state index in [1.54, 1.807) is 13.2 Å². The number of pyridine rings is 1. The number of carbonyl (C=O) groups excluding carboxylic acids is 1. The summed E-state index contributed by atoms with van der Waals surface area (Å²) >= 11 is 0. The fourth-order valence-electron chi connectivity index (χ4n) is 5.04. The molecule has 2 aromatic heterocycles. The maximum Gasteiger partial charge on any atom is 0.260 e. The highest BCUT2D eigenvalue weighted by Gasteiger charge is 2.36. The minimum Gasteiger partial charge on any atom is -0.483 e. The molecule has 0 spiro atoms. The maximum atomic E-state index is 13.0. The normalized spacial score (nSPS) is 20.0. The van der Waals surface area contributed by atoms with Crippen molar-refractivity contribution in [2.45, 2.75) is 25.4 Å². The second-order valence-electron chi connectivity index (χ2n) is 8.48. The van der Waals surface area contributed by atoms with Crippen molar-refractivity contribution in [2.75, 3.05) is 33.4 Å². The molecule has 2 atom stereocenters. The van der Waals surface area contributed by atoms with Gasteiger partial charge in [0.15, 0.2) is 6.61 Å². The van der Waals surface area contributed by atoms with Crippen molar-refractivity contribution in [2.24, 2.45) is 5.92 Å². The predicted molar refractivity (Wildman–Crippen MR) is 117 cm³/mol. The monoisotopic (exact) mass is 421 g/mol. The number of fused-ring (bicyclic) bond motifs is 5. The number of methoxy groups -OCH3 is 1. The van der Waals surface area contributed by atoms with E-state index in [0.717, 1.165) is 35.3 Å². The standard InChI is InChI=1S/C24H27N3O4/c1-30-11-10-25-9-8-19-21(25)5-2-6-22(19)31-16-24(29)26-13-17-12-18(15-26)20-4-3-7-23(28)27(20)14-17/h2-9,17-18H,10-16H2,1H3. The van der Waals surface area contributed by atoms with Crippen LogP contribution in [-0.4, -0.2) is 53.4 Å². The Bertz CT molecular complexity index is 1170. The fraction of sp³-hybridized carbons (Fsp3) is 0.417. The minimum atomic E-state index is -0.00255. The molecule has 7 heteroatoms. The number of amides is 1. The van der Waals surface area contributed by atoms with Crippen molar-refractivity contribution in [1.29, 1.82) is 0 Å². The molecule has 0 aliphatic carbocycles. The molecule has 2 aliphatic rings. The third kappa shape index (κ3) is 3.74. The molecule has 4 heterocycles. The van der Waals surface area contributed by atoms with Crippen LogP contribution in [0.15, 0.2) is 53.5 Å². The first-order valence-corrected chi connectivity index (χ1v) is 10.8. The van der Waals surface area contributed by atoms with Gasteiger partial charge in [-0.05, 0) is 36.6 Å². The zero-order valence-corrected chi connectivity index (χ0v) is 17.7. The van der Waals surface area contributed by atoms with Crippen LogP contribution in [0.4, 0.5) is 0 Å².